The molecule has 1 aromatic heterocycles. The van der Waals surface area contributed by atoms with E-state index in [-0.39, 0.29) is 17.8 Å². The molecule has 1 amide bonds. The third kappa shape index (κ3) is 3.30. The summed E-state index contributed by atoms with van der Waals surface area (Å²) in [7, 11) is 0. The van der Waals surface area contributed by atoms with Gasteiger partial charge in [0.05, 0.1) is 12.5 Å². The molecule has 2 rings (SSSR count). The molecule has 1 aliphatic heterocycles. The van der Waals surface area contributed by atoms with Crippen LogP contribution in [0.4, 0.5) is 0 Å². The van der Waals surface area contributed by atoms with Gasteiger partial charge in [-0.05, 0) is 31.9 Å². The molecule has 2 heterocycles. The molecule has 0 radical (unpaired) electrons. The number of aromatic nitrogens is 1. The molecule has 1 aliphatic rings. The van der Waals surface area contributed by atoms with Gasteiger partial charge in [-0.1, -0.05) is 0 Å². The quantitative estimate of drug-likeness (QED) is 0.774. The Morgan fingerprint density at radius 3 is 2.84 bits per heavy atom. The second kappa shape index (κ2) is 6.31. The normalized spacial score (nSPS) is 19.0. The summed E-state index contributed by atoms with van der Waals surface area (Å²) in [6.07, 6.45) is 4.82. The summed E-state index contributed by atoms with van der Waals surface area (Å²) in [6.45, 7) is 3.31. The largest absolute Gasteiger partial charge is 0.466 e. The summed E-state index contributed by atoms with van der Waals surface area (Å²) < 4.78 is 5.03. The lowest BCUT2D eigenvalue weighted by Gasteiger charge is -2.31. The first-order valence-corrected chi connectivity index (χ1v) is 6.58. The van der Waals surface area contributed by atoms with Crippen LogP contribution in [0.1, 0.15) is 30.1 Å². The van der Waals surface area contributed by atoms with Crippen LogP contribution in [0.3, 0.4) is 0 Å². The number of esters is 1. The van der Waals surface area contributed by atoms with Crippen molar-refractivity contribution >= 4 is 11.9 Å². The van der Waals surface area contributed by atoms with Gasteiger partial charge in [0.1, 0.15) is 0 Å². The zero-order valence-corrected chi connectivity index (χ0v) is 11.0. The van der Waals surface area contributed by atoms with Crippen LogP contribution in [0.25, 0.3) is 0 Å². The standard InChI is InChI=1S/C14H18N2O3/c1-2-19-14(18)12-4-3-9-16(10-12)13(17)11-5-7-15-8-6-11/h5-8,12H,2-4,9-10H2,1H3/t12-/m0/s1. The van der Waals surface area contributed by atoms with E-state index in [1.807, 2.05) is 0 Å². The smallest absolute Gasteiger partial charge is 0.310 e. The number of rotatable bonds is 3. The van der Waals surface area contributed by atoms with Gasteiger partial charge in [-0.15, -0.1) is 0 Å². The topological polar surface area (TPSA) is 59.5 Å². The molecule has 1 atom stereocenters. The number of carbonyl (C=O) groups excluding carboxylic acids is 2. The van der Waals surface area contributed by atoms with Crippen molar-refractivity contribution in [1.82, 2.24) is 9.88 Å². The van der Waals surface area contributed by atoms with E-state index in [2.05, 4.69) is 4.98 Å². The Balaban J connectivity index is 2.01. The van der Waals surface area contributed by atoms with Crippen molar-refractivity contribution in [3.8, 4) is 0 Å². The predicted octanol–water partition coefficient (Wildman–Crippen LogP) is 1.50. The summed E-state index contributed by atoms with van der Waals surface area (Å²) in [5.41, 5.74) is 0.611. The molecule has 0 aliphatic carbocycles. The highest BCUT2D eigenvalue weighted by atomic mass is 16.5. The van der Waals surface area contributed by atoms with E-state index in [0.29, 0.717) is 25.3 Å². The fraction of sp³-hybridized carbons (Fsp3) is 0.500. The average Bonchev–Trinajstić information content (AvgIpc) is 2.48. The summed E-state index contributed by atoms with van der Waals surface area (Å²) >= 11 is 0. The Kier molecular flexibility index (Phi) is 4.49. The Hall–Kier alpha value is -1.91. The fourth-order valence-electron chi connectivity index (χ4n) is 2.29. The molecule has 0 aromatic carbocycles. The monoisotopic (exact) mass is 262 g/mol. The maximum atomic E-state index is 12.3. The molecular formula is C14H18N2O3. The molecule has 0 saturated carbocycles. The SMILES string of the molecule is CCOC(=O)[C@H]1CCCN(C(=O)c2ccncc2)C1. The molecule has 0 unspecified atom stereocenters. The number of hydrogen-bond donors (Lipinski definition) is 0. The maximum absolute atomic E-state index is 12.3. The number of ether oxygens (including phenoxy) is 1. The van der Waals surface area contributed by atoms with Crippen LogP contribution in [0.5, 0.6) is 0 Å². The van der Waals surface area contributed by atoms with Gasteiger partial charge in [-0.3, -0.25) is 14.6 Å². The minimum Gasteiger partial charge on any atom is -0.466 e. The van der Waals surface area contributed by atoms with E-state index >= 15 is 0 Å². The number of pyridine rings is 1. The van der Waals surface area contributed by atoms with Gasteiger partial charge < -0.3 is 9.64 Å². The van der Waals surface area contributed by atoms with Gasteiger partial charge >= 0.3 is 5.97 Å². The third-order valence-corrected chi connectivity index (χ3v) is 3.26. The molecule has 5 heteroatoms. The molecule has 0 bridgehead atoms. The number of amides is 1. The van der Waals surface area contributed by atoms with Gasteiger partial charge in [0.15, 0.2) is 0 Å². The van der Waals surface area contributed by atoms with Gasteiger partial charge in [0, 0.05) is 31.0 Å². The summed E-state index contributed by atoms with van der Waals surface area (Å²) in [4.78, 5) is 29.6. The lowest BCUT2D eigenvalue weighted by Crippen LogP contribution is -2.42. The first kappa shape index (κ1) is 13.5. The average molecular weight is 262 g/mol. The highest BCUT2D eigenvalue weighted by Gasteiger charge is 2.29. The second-order valence-corrected chi connectivity index (χ2v) is 4.58. The molecule has 1 aromatic rings. The minimum absolute atomic E-state index is 0.0450. The molecular weight excluding hydrogens is 244 g/mol. The number of nitrogens with zero attached hydrogens (tertiary/aromatic N) is 2. The molecule has 19 heavy (non-hydrogen) atoms. The molecule has 1 saturated heterocycles. The van der Waals surface area contributed by atoms with Crippen LogP contribution in [-0.4, -0.2) is 41.5 Å². The summed E-state index contributed by atoms with van der Waals surface area (Å²) in [5, 5.41) is 0. The van der Waals surface area contributed by atoms with Crippen LogP contribution in [-0.2, 0) is 9.53 Å². The van der Waals surface area contributed by atoms with Crippen LogP contribution >= 0.6 is 0 Å². The zero-order chi connectivity index (χ0) is 13.7. The molecule has 102 valence electrons. The minimum atomic E-state index is -0.199. The molecule has 0 spiro atoms. The lowest BCUT2D eigenvalue weighted by molar-refractivity contribution is -0.149. The number of carbonyl (C=O) groups is 2. The van der Waals surface area contributed by atoms with Gasteiger partial charge in [-0.25, -0.2) is 0 Å². The van der Waals surface area contributed by atoms with E-state index in [0.717, 1.165) is 12.8 Å². The van der Waals surface area contributed by atoms with Crippen molar-refractivity contribution in [2.24, 2.45) is 5.92 Å². The van der Waals surface area contributed by atoms with Gasteiger partial charge in [0.2, 0.25) is 0 Å². The van der Waals surface area contributed by atoms with Gasteiger partial charge in [-0.2, -0.15) is 0 Å². The Morgan fingerprint density at radius 1 is 1.42 bits per heavy atom. The Bertz CT molecular complexity index is 447. The maximum Gasteiger partial charge on any atom is 0.310 e. The molecule has 5 nitrogen and oxygen atoms in total. The van der Waals surface area contributed by atoms with E-state index in [1.165, 1.54) is 0 Å². The third-order valence-electron chi connectivity index (χ3n) is 3.26. The highest BCUT2D eigenvalue weighted by molar-refractivity contribution is 5.94. The van der Waals surface area contributed by atoms with E-state index in [4.69, 9.17) is 4.74 Å². The highest BCUT2D eigenvalue weighted by Crippen LogP contribution is 2.19. The Morgan fingerprint density at radius 2 is 2.16 bits per heavy atom. The first-order valence-electron chi connectivity index (χ1n) is 6.58. The van der Waals surface area contributed by atoms with Crippen molar-refractivity contribution in [1.29, 1.82) is 0 Å². The van der Waals surface area contributed by atoms with E-state index in [9.17, 15) is 9.59 Å². The van der Waals surface area contributed by atoms with Crippen LogP contribution in [0, 0.1) is 5.92 Å². The van der Waals surface area contributed by atoms with Gasteiger partial charge in [0.25, 0.3) is 5.91 Å². The lowest BCUT2D eigenvalue weighted by atomic mass is 9.97. The molecule has 0 N–H and O–H groups in total. The fourth-order valence-corrected chi connectivity index (χ4v) is 2.29. The Labute approximate surface area is 112 Å². The second-order valence-electron chi connectivity index (χ2n) is 4.58. The number of hydrogen-bond acceptors (Lipinski definition) is 4. The van der Waals surface area contributed by atoms with E-state index < -0.39 is 0 Å². The first-order chi connectivity index (χ1) is 9.22. The summed E-state index contributed by atoms with van der Waals surface area (Å²) in [5.74, 6) is -0.439. The predicted molar refractivity (Wildman–Crippen MR) is 69.5 cm³/mol. The van der Waals surface area contributed by atoms with Crippen molar-refractivity contribution in [3.63, 3.8) is 0 Å². The zero-order valence-electron chi connectivity index (χ0n) is 11.0. The van der Waals surface area contributed by atoms with Crippen LogP contribution in [0.2, 0.25) is 0 Å². The van der Waals surface area contributed by atoms with Crippen molar-refractivity contribution in [3.05, 3.63) is 30.1 Å². The van der Waals surface area contributed by atoms with Crippen LogP contribution in [0.15, 0.2) is 24.5 Å². The number of likely N-dealkylation sites (tertiary alicyclic amines) is 1. The van der Waals surface area contributed by atoms with Crippen LogP contribution < -0.4 is 0 Å². The number of piperidine rings is 1. The van der Waals surface area contributed by atoms with Crippen molar-refractivity contribution < 1.29 is 14.3 Å². The van der Waals surface area contributed by atoms with Crippen molar-refractivity contribution in [2.45, 2.75) is 19.8 Å². The van der Waals surface area contributed by atoms with Crippen molar-refractivity contribution in [2.75, 3.05) is 19.7 Å². The van der Waals surface area contributed by atoms with E-state index in [1.54, 1.807) is 36.4 Å². The molecule has 1 fully saturated rings. The summed E-state index contributed by atoms with van der Waals surface area (Å²) in [6, 6.07) is 3.38.